The quantitative estimate of drug-likeness (QED) is 0.785. The van der Waals surface area contributed by atoms with Gasteiger partial charge in [-0.25, -0.2) is 0 Å². The molecule has 2 aliphatic rings. The molecule has 3 atom stereocenters. The normalized spacial score (nSPS) is 24.2. The molecular weight excluding hydrogens is 350 g/mol. The molecule has 5 nitrogen and oxygen atoms in total. The SMILES string of the molecule is CNCCNC(=O)C1CC2CCCCC2N1C(=O)c1ccc2ccccc2c1. The standard InChI is InChI=1S/C23H29N3O2/c1-24-12-13-25-22(27)21-15-18-8-4-5-9-20(18)26(21)23(28)19-11-10-16-6-2-3-7-17(16)14-19/h2-3,6-7,10-11,14,18,20-21,24H,4-5,8-9,12-13,15H2,1H3,(H,25,27). The summed E-state index contributed by atoms with van der Waals surface area (Å²) in [6, 6.07) is 13.8. The monoisotopic (exact) mass is 379 g/mol. The molecule has 0 radical (unpaired) electrons. The summed E-state index contributed by atoms with van der Waals surface area (Å²) < 4.78 is 0. The Bertz CT molecular complexity index is 866. The minimum Gasteiger partial charge on any atom is -0.353 e. The van der Waals surface area contributed by atoms with Crippen LogP contribution in [-0.2, 0) is 4.79 Å². The van der Waals surface area contributed by atoms with Gasteiger partial charge in [0.2, 0.25) is 5.91 Å². The fourth-order valence-corrected chi connectivity index (χ4v) is 4.89. The molecule has 1 saturated heterocycles. The first kappa shape index (κ1) is 18.9. The third kappa shape index (κ3) is 3.63. The smallest absolute Gasteiger partial charge is 0.254 e. The number of carbonyl (C=O) groups excluding carboxylic acids is 2. The van der Waals surface area contributed by atoms with Gasteiger partial charge in [-0.2, -0.15) is 0 Å². The summed E-state index contributed by atoms with van der Waals surface area (Å²) in [6.45, 7) is 1.31. The fraction of sp³-hybridized carbons (Fsp3) is 0.478. The van der Waals surface area contributed by atoms with Crippen molar-refractivity contribution < 1.29 is 9.59 Å². The van der Waals surface area contributed by atoms with E-state index >= 15 is 0 Å². The van der Waals surface area contributed by atoms with Crippen LogP contribution in [0, 0.1) is 5.92 Å². The van der Waals surface area contributed by atoms with Gasteiger partial charge in [-0.3, -0.25) is 9.59 Å². The average Bonchev–Trinajstić information content (AvgIpc) is 3.12. The molecule has 2 aromatic rings. The molecule has 2 N–H and O–H groups in total. The molecule has 1 aliphatic carbocycles. The van der Waals surface area contributed by atoms with E-state index in [1.54, 1.807) is 0 Å². The highest BCUT2D eigenvalue weighted by Crippen LogP contribution is 2.40. The average molecular weight is 380 g/mol. The van der Waals surface area contributed by atoms with Crippen molar-refractivity contribution in [2.24, 2.45) is 5.92 Å². The molecule has 0 spiro atoms. The maximum Gasteiger partial charge on any atom is 0.254 e. The van der Waals surface area contributed by atoms with Crippen LogP contribution >= 0.6 is 0 Å². The zero-order valence-corrected chi connectivity index (χ0v) is 16.5. The van der Waals surface area contributed by atoms with Gasteiger partial charge in [0.15, 0.2) is 0 Å². The molecule has 0 bridgehead atoms. The van der Waals surface area contributed by atoms with Crippen LogP contribution in [0.4, 0.5) is 0 Å². The van der Waals surface area contributed by atoms with E-state index < -0.39 is 0 Å². The van der Waals surface area contributed by atoms with E-state index in [-0.39, 0.29) is 23.9 Å². The summed E-state index contributed by atoms with van der Waals surface area (Å²) in [5.74, 6) is 0.422. The van der Waals surface area contributed by atoms with Gasteiger partial charge in [0, 0.05) is 24.7 Å². The number of nitrogens with one attached hydrogen (secondary N) is 2. The number of likely N-dealkylation sites (N-methyl/N-ethyl adjacent to an activating group) is 1. The zero-order chi connectivity index (χ0) is 19.5. The predicted octanol–water partition coefficient (Wildman–Crippen LogP) is 2.95. The summed E-state index contributed by atoms with van der Waals surface area (Å²) in [5, 5.41) is 8.23. The summed E-state index contributed by atoms with van der Waals surface area (Å²) in [7, 11) is 1.87. The van der Waals surface area contributed by atoms with Crippen LogP contribution in [0.25, 0.3) is 10.8 Å². The van der Waals surface area contributed by atoms with Gasteiger partial charge in [-0.15, -0.1) is 0 Å². The Morgan fingerprint density at radius 1 is 1.04 bits per heavy atom. The fourth-order valence-electron chi connectivity index (χ4n) is 4.89. The largest absolute Gasteiger partial charge is 0.353 e. The predicted molar refractivity (Wildman–Crippen MR) is 111 cm³/mol. The second kappa shape index (κ2) is 8.31. The number of carbonyl (C=O) groups is 2. The Labute approximate surface area is 166 Å². The lowest BCUT2D eigenvalue weighted by Gasteiger charge is -2.33. The third-order valence-corrected chi connectivity index (χ3v) is 6.30. The lowest BCUT2D eigenvalue weighted by Crippen LogP contribution is -2.50. The summed E-state index contributed by atoms with van der Waals surface area (Å²) in [6.07, 6.45) is 5.25. The maximum atomic E-state index is 13.5. The number of amides is 2. The van der Waals surface area contributed by atoms with E-state index in [1.807, 2.05) is 48.3 Å². The van der Waals surface area contributed by atoms with Gasteiger partial charge in [-0.1, -0.05) is 43.2 Å². The van der Waals surface area contributed by atoms with Gasteiger partial charge in [0.1, 0.15) is 6.04 Å². The molecule has 28 heavy (non-hydrogen) atoms. The van der Waals surface area contributed by atoms with E-state index in [0.717, 1.165) is 43.0 Å². The molecular formula is C23H29N3O2. The minimum atomic E-state index is -0.357. The van der Waals surface area contributed by atoms with Gasteiger partial charge >= 0.3 is 0 Å². The highest BCUT2D eigenvalue weighted by atomic mass is 16.2. The van der Waals surface area contributed by atoms with E-state index in [4.69, 9.17) is 0 Å². The van der Waals surface area contributed by atoms with Crippen molar-refractivity contribution >= 4 is 22.6 Å². The Balaban J connectivity index is 1.61. The van der Waals surface area contributed by atoms with Crippen LogP contribution in [0.5, 0.6) is 0 Å². The first-order chi connectivity index (χ1) is 13.7. The molecule has 5 heteroatoms. The number of hydrogen-bond acceptors (Lipinski definition) is 3. The highest BCUT2D eigenvalue weighted by molar-refractivity contribution is 6.01. The molecule has 1 aliphatic heterocycles. The Morgan fingerprint density at radius 3 is 2.64 bits per heavy atom. The zero-order valence-electron chi connectivity index (χ0n) is 16.5. The van der Waals surface area contributed by atoms with E-state index in [2.05, 4.69) is 16.7 Å². The lowest BCUT2D eigenvalue weighted by molar-refractivity contribution is -0.125. The van der Waals surface area contributed by atoms with Crippen LogP contribution in [-0.4, -0.2) is 48.9 Å². The molecule has 4 rings (SSSR count). The van der Waals surface area contributed by atoms with E-state index in [9.17, 15) is 9.59 Å². The van der Waals surface area contributed by atoms with Crippen LogP contribution in [0.3, 0.4) is 0 Å². The number of hydrogen-bond donors (Lipinski definition) is 2. The van der Waals surface area contributed by atoms with Gasteiger partial charge in [0.05, 0.1) is 0 Å². The Morgan fingerprint density at radius 2 is 1.82 bits per heavy atom. The number of fused-ring (bicyclic) bond motifs is 2. The Hall–Kier alpha value is -2.40. The number of likely N-dealkylation sites (tertiary alicyclic amines) is 1. The molecule has 2 amide bonds. The molecule has 2 fully saturated rings. The van der Waals surface area contributed by atoms with Crippen molar-refractivity contribution in [2.45, 2.75) is 44.2 Å². The summed E-state index contributed by atoms with van der Waals surface area (Å²) in [4.78, 5) is 28.3. The third-order valence-electron chi connectivity index (χ3n) is 6.30. The molecule has 148 valence electrons. The first-order valence-electron chi connectivity index (χ1n) is 10.4. The maximum absolute atomic E-state index is 13.5. The molecule has 1 heterocycles. The topological polar surface area (TPSA) is 61.4 Å². The van der Waals surface area contributed by atoms with Crippen molar-refractivity contribution in [3.63, 3.8) is 0 Å². The van der Waals surface area contributed by atoms with E-state index in [1.165, 1.54) is 6.42 Å². The van der Waals surface area contributed by atoms with Crippen molar-refractivity contribution in [1.29, 1.82) is 0 Å². The van der Waals surface area contributed by atoms with Crippen molar-refractivity contribution in [3.8, 4) is 0 Å². The minimum absolute atomic E-state index is 0.00563. The summed E-state index contributed by atoms with van der Waals surface area (Å²) >= 11 is 0. The van der Waals surface area contributed by atoms with Crippen LogP contribution in [0.15, 0.2) is 42.5 Å². The molecule has 3 unspecified atom stereocenters. The first-order valence-corrected chi connectivity index (χ1v) is 10.4. The number of nitrogens with zero attached hydrogens (tertiary/aromatic N) is 1. The molecule has 0 aromatic heterocycles. The van der Waals surface area contributed by atoms with Gasteiger partial charge in [-0.05, 0) is 55.1 Å². The Kier molecular flexibility index (Phi) is 5.62. The van der Waals surface area contributed by atoms with Crippen molar-refractivity contribution in [2.75, 3.05) is 20.1 Å². The number of rotatable bonds is 5. The van der Waals surface area contributed by atoms with Crippen molar-refractivity contribution in [3.05, 3.63) is 48.0 Å². The second-order valence-electron chi connectivity index (χ2n) is 8.03. The van der Waals surface area contributed by atoms with Crippen LogP contribution < -0.4 is 10.6 Å². The highest BCUT2D eigenvalue weighted by Gasteiger charge is 2.47. The number of benzene rings is 2. The lowest BCUT2D eigenvalue weighted by atomic mass is 9.84. The van der Waals surface area contributed by atoms with Crippen LogP contribution in [0.1, 0.15) is 42.5 Å². The van der Waals surface area contributed by atoms with Gasteiger partial charge in [0.25, 0.3) is 5.91 Å². The van der Waals surface area contributed by atoms with E-state index in [0.29, 0.717) is 18.0 Å². The van der Waals surface area contributed by atoms with Crippen LogP contribution in [0.2, 0.25) is 0 Å². The van der Waals surface area contributed by atoms with Crippen molar-refractivity contribution in [1.82, 2.24) is 15.5 Å². The van der Waals surface area contributed by atoms with Gasteiger partial charge < -0.3 is 15.5 Å². The summed E-state index contributed by atoms with van der Waals surface area (Å²) in [5.41, 5.74) is 0.679. The second-order valence-corrected chi connectivity index (χ2v) is 8.03. The molecule has 1 saturated carbocycles. The molecule has 2 aromatic carbocycles.